The van der Waals surface area contributed by atoms with Crippen LogP contribution in [0.2, 0.25) is 5.02 Å². The molecule has 1 N–H and O–H groups in total. The van der Waals surface area contributed by atoms with Crippen LogP contribution in [0.25, 0.3) is 0 Å². The van der Waals surface area contributed by atoms with Crippen LogP contribution in [0.3, 0.4) is 0 Å². The van der Waals surface area contributed by atoms with Gasteiger partial charge < -0.3 is 9.84 Å². The Balaban J connectivity index is 2.37. The van der Waals surface area contributed by atoms with Crippen molar-refractivity contribution in [1.82, 2.24) is 0 Å². The average molecular weight is 305 g/mol. The first-order valence-corrected chi connectivity index (χ1v) is 6.94. The number of ether oxygens (including phenoxy) is 1. The fourth-order valence-electron chi connectivity index (χ4n) is 3.08. The second-order valence-corrected chi connectivity index (χ2v) is 6.92. The summed E-state index contributed by atoms with van der Waals surface area (Å²) >= 11 is 5.53. The van der Waals surface area contributed by atoms with Crippen molar-refractivity contribution >= 4 is 11.6 Å². The van der Waals surface area contributed by atoms with E-state index in [9.17, 15) is 13.9 Å². The van der Waals surface area contributed by atoms with Crippen LogP contribution in [0.5, 0.6) is 0 Å². The third kappa shape index (κ3) is 2.83. The van der Waals surface area contributed by atoms with Crippen LogP contribution < -0.4 is 0 Å². The van der Waals surface area contributed by atoms with E-state index in [0.29, 0.717) is 6.42 Å². The van der Waals surface area contributed by atoms with E-state index < -0.39 is 28.9 Å². The monoisotopic (exact) mass is 304 g/mol. The molecule has 1 fully saturated rings. The summed E-state index contributed by atoms with van der Waals surface area (Å²) in [7, 11) is 0. The summed E-state index contributed by atoms with van der Waals surface area (Å²) in [4.78, 5) is 0. The smallest absolute Gasteiger partial charge is 0.142 e. The fourth-order valence-corrected chi connectivity index (χ4v) is 3.23. The van der Waals surface area contributed by atoms with Gasteiger partial charge in [0.15, 0.2) is 0 Å². The molecule has 1 aromatic carbocycles. The number of rotatable bonds is 2. The molecule has 1 aliphatic heterocycles. The molecule has 0 aromatic heterocycles. The van der Waals surface area contributed by atoms with E-state index in [4.69, 9.17) is 16.3 Å². The molecule has 20 heavy (non-hydrogen) atoms. The van der Waals surface area contributed by atoms with Crippen LogP contribution in [0.1, 0.15) is 45.8 Å². The van der Waals surface area contributed by atoms with Crippen molar-refractivity contribution in [1.29, 1.82) is 0 Å². The lowest BCUT2D eigenvalue weighted by molar-refractivity contribution is -0.0883. The van der Waals surface area contributed by atoms with Crippen LogP contribution >= 0.6 is 11.6 Å². The second-order valence-electron chi connectivity index (χ2n) is 6.51. The second kappa shape index (κ2) is 4.93. The predicted octanol–water partition coefficient (Wildman–Crippen LogP) is 4.25. The van der Waals surface area contributed by atoms with Crippen molar-refractivity contribution in [2.24, 2.45) is 5.92 Å². The zero-order chi connectivity index (χ0) is 15.3. The van der Waals surface area contributed by atoms with Crippen molar-refractivity contribution in [3.8, 4) is 0 Å². The van der Waals surface area contributed by atoms with Gasteiger partial charge in [-0.3, -0.25) is 0 Å². The van der Waals surface area contributed by atoms with Crippen LogP contribution in [-0.4, -0.2) is 16.3 Å². The SMILES string of the molecule is CC1(C)CC(C(O)c2cc(F)c(Cl)cc2F)C(C)(C)O1. The number of aliphatic hydroxyl groups excluding tert-OH is 1. The number of hydrogen-bond donors (Lipinski definition) is 1. The lowest BCUT2D eigenvalue weighted by atomic mass is 9.80. The number of halogens is 3. The first-order chi connectivity index (χ1) is 9.03. The summed E-state index contributed by atoms with van der Waals surface area (Å²) in [5, 5.41) is 10.2. The van der Waals surface area contributed by atoms with Gasteiger partial charge in [0.1, 0.15) is 11.6 Å². The molecule has 0 saturated carbocycles. The van der Waals surface area contributed by atoms with E-state index in [0.717, 1.165) is 12.1 Å². The predicted molar refractivity (Wildman–Crippen MR) is 73.7 cm³/mol. The highest BCUT2D eigenvalue weighted by molar-refractivity contribution is 6.30. The maximum absolute atomic E-state index is 13.9. The van der Waals surface area contributed by atoms with E-state index in [1.807, 2.05) is 27.7 Å². The van der Waals surface area contributed by atoms with Crippen LogP contribution in [0.15, 0.2) is 12.1 Å². The fraction of sp³-hybridized carbons (Fsp3) is 0.600. The number of hydrogen-bond acceptors (Lipinski definition) is 2. The minimum absolute atomic E-state index is 0.0775. The molecule has 0 amide bonds. The Hall–Kier alpha value is -0.710. The highest BCUT2D eigenvalue weighted by Crippen LogP contribution is 2.48. The first-order valence-electron chi connectivity index (χ1n) is 6.56. The Labute approximate surface area is 122 Å². The van der Waals surface area contributed by atoms with Gasteiger partial charge in [-0.2, -0.15) is 0 Å². The molecular formula is C15H19ClF2O2. The highest BCUT2D eigenvalue weighted by atomic mass is 35.5. The molecule has 2 rings (SSSR count). The third-order valence-corrected chi connectivity index (χ3v) is 4.17. The van der Waals surface area contributed by atoms with Crippen LogP contribution in [-0.2, 0) is 4.74 Å². The average Bonchev–Trinajstić information content (AvgIpc) is 2.51. The van der Waals surface area contributed by atoms with Gasteiger partial charge in [0.25, 0.3) is 0 Å². The summed E-state index contributed by atoms with van der Waals surface area (Å²) in [5.74, 6) is -1.77. The lowest BCUT2D eigenvalue weighted by Gasteiger charge is -2.30. The molecule has 0 radical (unpaired) electrons. The normalized spacial score (nSPS) is 25.7. The molecule has 0 bridgehead atoms. The first kappa shape index (κ1) is 15.7. The topological polar surface area (TPSA) is 29.5 Å². The molecule has 2 atom stereocenters. The van der Waals surface area contributed by atoms with E-state index >= 15 is 0 Å². The summed E-state index contributed by atoms with van der Waals surface area (Å²) in [6, 6.07) is 1.85. The molecule has 112 valence electrons. The Morgan fingerprint density at radius 3 is 2.35 bits per heavy atom. The molecule has 0 spiro atoms. The zero-order valence-corrected chi connectivity index (χ0v) is 12.8. The minimum Gasteiger partial charge on any atom is -0.388 e. The van der Waals surface area contributed by atoms with Crippen LogP contribution in [0, 0.1) is 17.6 Å². The van der Waals surface area contributed by atoms with E-state index in [1.165, 1.54) is 0 Å². The van der Waals surface area contributed by atoms with Crippen molar-refractivity contribution in [3.63, 3.8) is 0 Å². The van der Waals surface area contributed by atoms with Gasteiger partial charge in [0.2, 0.25) is 0 Å². The van der Waals surface area contributed by atoms with Gasteiger partial charge in [0, 0.05) is 11.5 Å². The molecular weight excluding hydrogens is 286 g/mol. The van der Waals surface area contributed by atoms with E-state index in [2.05, 4.69) is 0 Å². The Kier molecular flexibility index (Phi) is 3.87. The molecule has 5 heteroatoms. The molecule has 1 saturated heterocycles. The lowest BCUT2D eigenvalue weighted by Crippen LogP contribution is -2.33. The molecule has 1 aliphatic rings. The Morgan fingerprint density at radius 1 is 1.25 bits per heavy atom. The maximum Gasteiger partial charge on any atom is 0.142 e. The van der Waals surface area contributed by atoms with E-state index in [-0.39, 0.29) is 16.5 Å². The third-order valence-electron chi connectivity index (χ3n) is 3.88. The molecule has 0 aliphatic carbocycles. The molecule has 2 nitrogen and oxygen atoms in total. The van der Waals surface area contributed by atoms with Gasteiger partial charge in [-0.05, 0) is 46.2 Å². The van der Waals surface area contributed by atoms with Gasteiger partial charge in [-0.25, -0.2) is 8.78 Å². The number of benzene rings is 1. The Morgan fingerprint density at radius 2 is 1.85 bits per heavy atom. The highest BCUT2D eigenvalue weighted by Gasteiger charge is 2.49. The maximum atomic E-state index is 13.9. The quantitative estimate of drug-likeness (QED) is 0.828. The molecule has 1 aromatic rings. The summed E-state index contributed by atoms with van der Waals surface area (Å²) in [5.41, 5.74) is -1.10. The summed E-state index contributed by atoms with van der Waals surface area (Å²) in [6.45, 7) is 7.53. The Bertz CT molecular complexity index is 529. The van der Waals surface area contributed by atoms with Crippen molar-refractivity contribution in [3.05, 3.63) is 34.4 Å². The van der Waals surface area contributed by atoms with Crippen molar-refractivity contribution in [2.45, 2.75) is 51.4 Å². The summed E-state index contributed by atoms with van der Waals surface area (Å²) in [6.07, 6.45) is -0.580. The van der Waals surface area contributed by atoms with Crippen molar-refractivity contribution < 1.29 is 18.6 Å². The molecule has 2 unspecified atom stereocenters. The van der Waals surface area contributed by atoms with Crippen molar-refractivity contribution in [2.75, 3.05) is 0 Å². The van der Waals surface area contributed by atoms with Gasteiger partial charge >= 0.3 is 0 Å². The van der Waals surface area contributed by atoms with Gasteiger partial charge in [0.05, 0.1) is 22.3 Å². The molecule has 1 heterocycles. The summed E-state index contributed by atoms with van der Waals surface area (Å²) < 4.78 is 33.3. The standard InChI is InChI=1S/C15H19ClF2O2/c1-14(2)7-9(15(3,4)20-14)13(19)8-5-12(18)10(16)6-11(8)17/h5-6,9,13,19H,7H2,1-4H3. The number of aliphatic hydroxyl groups is 1. The van der Waals surface area contributed by atoms with Gasteiger partial charge in [-0.15, -0.1) is 0 Å². The van der Waals surface area contributed by atoms with Crippen LogP contribution in [0.4, 0.5) is 8.78 Å². The zero-order valence-electron chi connectivity index (χ0n) is 12.0. The van der Waals surface area contributed by atoms with Gasteiger partial charge in [-0.1, -0.05) is 11.6 Å². The largest absolute Gasteiger partial charge is 0.388 e. The van der Waals surface area contributed by atoms with E-state index in [1.54, 1.807) is 0 Å². The minimum atomic E-state index is -1.14.